The molecule has 0 amide bonds. The summed E-state index contributed by atoms with van der Waals surface area (Å²) in [5, 5.41) is 9.11. The molecule has 118 valence electrons. The van der Waals surface area contributed by atoms with Gasteiger partial charge in [-0.3, -0.25) is 0 Å². The summed E-state index contributed by atoms with van der Waals surface area (Å²) in [5.74, 6) is -0.647. The summed E-state index contributed by atoms with van der Waals surface area (Å²) in [6.07, 6.45) is 0. The maximum absolute atomic E-state index is 10.9. The second-order valence-electron chi connectivity index (χ2n) is 4.01. The van der Waals surface area contributed by atoms with Gasteiger partial charge < -0.3 is 24.1 Å². The number of hydrogen-bond donors (Lipinski definition) is 1. The van der Waals surface area contributed by atoms with E-state index in [1.54, 1.807) is 13.2 Å². The molecule has 0 unspecified atom stereocenters. The minimum Gasteiger partial charge on any atom is -0.491 e. The third-order valence-electron chi connectivity index (χ3n) is 2.47. The van der Waals surface area contributed by atoms with Crippen molar-refractivity contribution in [3.8, 4) is 5.75 Å². The molecule has 1 aromatic rings. The Morgan fingerprint density at radius 2 is 1.71 bits per heavy atom. The number of ether oxygens (including phenoxy) is 4. The van der Waals surface area contributed by atoms with Crippen LogP contribution in [0.15, 0.2) is 18.2 Å². The first-order valence-electron chi connectivity index (χ1n) is 6.45. The van der Waals surface area contributed by atoms with Crippen molar-refractivity contribution in [2.45, 2.75) is 0 Å². The summed E-state index contributed by atoms with van der Waals surface area (Å²) in [4.78, 5) is 10.9. The number of aromatic carboxylic acids is 1. The minimum absolute atomic E-state index is 0.0154. The molecule has 0 spiro atoms. The van der Waals surface area contributed by atoms with Gasteiger partial charge >= 0.3 is 5.97 Å². The van der Waals surface area contributed by atoms with Crippen LogP contribution in [-0.2, 0) is 14.2 Å². The highest BCUT2D eigenvalue weighted by Crippen LogP contribution is 2.22. The Balaban J connectivity index is 2.16. The summed E-state index contributed by atoms with van der Waals surface area (Å²) in [7, 11) is 1.61. The molecule has 1 aromatic carbocycles. The fraction of sp³-hybridized carbons (Fsp3) is 0.500. The van der Waals surface area contributed by atoms with Crippen LogP contribution < -0.4 is 4.74 Å². The first-order chi connectivity index (χ1) is 10.1. The van der Waals surface area contributed by atoms with E-state index in [2.05, 4.69) is 0 Å². The van der Waals surface area contributed by atoms with Gasteiger partial charge in [-0.15, -0.1) is 0 Å². The third kappa shape index (κ3) is 7.29. The zero-order chi connectivity index (χ0) is 15.5. The summed E-state index contributed by atoms with van der Waals surface area (Å²) in [6, 6.07) is 4.49. The Morgan fingerprint density at radius 1 is 1.10 bits per heavy atom. The third-order valence-corrected chi connectivity index (χ3v) is 2.80. The molecule has 0 aliphatic heterocycles. The van der Waals surface area contributed by atoms with Gasteiger partial charge in [0, 0.05) is 7.11 Å². The van der Waals surface area contributed by atoms with Crippen molar-refractivity contribution in [3.05, 3.63) is 28.8 Å². The van der Waals surface area contributed by atoms with E-state index >= 15 is 0 Å². The number of benzene rings is 1. The first kappa shape index (κ1) is 17.7. The molecule has 0 aliphatic rings. The average Bonchev–Trinajstić information content (AvgIpc) is 2.47. The van der Waals surface area contributed by atoms with Crippen LogP contribution in [-0.4, -0.2) is 57.8 Å². The van der Waals surface area contributed by atoms with Crippen molar-refractivity contribution < 1.29 is 28.8 Å². The predicted molar refractivity (Wildman–Crippen MR) is 77.4 cm³/mol. The number of carboxylic acids is 1. The molecule has 0 fully saturated rings. The summed E-state index contributed by atoms with van der Waals surface area (Å²) >= 11 is 5.76. The van der Waals surface area contributed by atoms with Crippen molar-refractivity contribution in [1.82, 2.24) is 0 Å². The van der Waals surface area contributed by atoms with Crippen LogP contribution in [0.25, 0.3) is 0 Å². The number of hydrogen-bond acceptors (Lipinski definition) is 5. The van der Waals surface area contributed by atoms with Crippen LogP contribution in [0.5, 0.6) is 5.75 Å². The molecule has 0 saturated heterocycles. The molecule has 0 aromatic heterocycles. The van der Waals surface area contributed by atoms with E-state index in [1.165, 1.54) is 12.1 Å². The second kappa shape index (κ2) is 10.4. The van der Waals surface area contributed by atoms with Crippen LogP contribution in [0.3, 0.4) is 0 Å². The predicted octanol–water partition coefficient (Wildman–Crippen LogP) is 2.10. The summed E-state index contributed by atoms with van der Waals surface area (Å²) < 4.78 is 20.8. The maximum atomic E-state index is 10.9. The van der Waals surface area contributed by atoms with E-state index in [-0.39, 0.29) is 10.6 Å². The molecule has 21 heavy (non-hydrogen) atoms. The molecule has 0 radical (unpaired) electrons. The van der Waals surface area contributed by atoms with Crippen molar-refractivity contribution in [2.75, 3.05) is 46.8 Å². The van der Waals surface area contributed by atoms with Crippen LogP contribution >= 0.6 is 11.6 Å². The van der Waals surface area contributed by atoms with Crippen LogP contribution in [0, 0.1) is 0 Å². The first-order valence-corrected chi connectivity index (χ1v) is 6.83. The number of rotatable bonds is 11. The molecule has 0 saturated carbocycles. The van der Waals surface area contributed by atoms with Crippen LogP contribution in [0.4, 0.5) is 0 Å². The molecule has 0 bridgehead atoms. The lowest BCUT2D eigenvalue weighted by molar-refractivity contribution is 0.0179. The van der Waals surface area contributed by atoms with Gasteiger partial charge in [0.25, 0.3) is 0 Å². The minimum atomic E-state index is -1.09. The van der Waals surface area contributed by atoms with E-state index in [0.717, 1.165) is 0 Å². The standard InChI is InChI=1S/C14H19ClO6/c1-18-4-5-19-6-7-20-8-9-21-11-2-3-13(15)12(10-11)14(16)17/h2-3,10H,4-9H2,1H3,(H,16,17). The fourth-order valence-corrected chi connectivity index (χ4v) is 1.64. The number of halogens is 1. The van der Waals surface area contributed by atoms with Gasteiger partial charge in [0.2, 0.25) is 0 Å². The quantitative estimate of drug-likeness (QED) is 0.630. The van der Waals surface area contributed by atoms with E-state index in [9.17, 15) is 4.79 Å². The lowest BCUT2D eigenvalue weighted by Crippen LogP contribution is -2.12. The molecule has 1 N–H and O–H groups in total. The van der Waals surface area contributed by atoms with Crippen LogP contribution in [0.2, 0.25) is 5.02 Å². The lowest BCUT2D eigenvalue weighted by Gasteiger charge is -2.09. The average molecular weight is 319 g/mol. The smallest absolute Gasteiger partial charge is 0.337 e. The molecule has 7 heteroatoms. The Morgan fingerprint density at radius 3 is 2.33 bits per heavy atom. The molecule has 0 atom stereocenters. The highest BCUT2D eigenvalue weighted by Gasteiger charge is 2.09. The van der Waals surface area contributed by atoms with E-state index in [4.69, 9.17) is 35.7 Å². The van der Waals surface area contributed by atoms with Crippen LogP contribution in [0.1, 0.15) is 10.4 Å². The maximum Gasteiger partial charge on any atom is 0.337 e. The van der Waals surface area contributed by atoms with E-state index < -0.39 is 5.97 Å². The molecular formula is C14H19ClO6. The van der Waals surface area contributed by atoms with Gasteiger partial charge in [-0.25, -0.2) is 4.79 Å². The van der Waals surface area contributed by atoms with Gasteiger partial charge in [-0.05, 0) is 18.2 Å². The van der Waals surface area contributed by atoms with Crippen molar-refractivity contribution in [2.24, 2.45) is 0 Å². The number of carbonyl (C=O) groups is 1. The monoisotopic (exact) mass is 318 g/mol. The van der Waals surface area contributed by atoms with Gasteiger partial charge in [0.05, 0.1) is 43.6 Å². The Labute approximate surface area is 128 Å². The van der Waals surface area contributed by atoms with Gasteiger partial charge in [-0.1, -0.05) is 11.6 Å². The SMILES string of the molecule is COCCOCCOCCOc1ccc(Cl)c(C(=O)O)c1. The largest absolute Gasteiger partial charge is 0.491 e. The van der Waals surface area contributed by atoms with E-state index in [0.29, 0.717) is 45.4 Å². The summed E-state index contributed by atoms with van der Waals surface area (Å²) in [6.45, 7) is 2.77. The molecule has 0 aliphatic carbocycles. The Hall–Kier alpha value is -1.34. The topological polar surface area (TPSA) is 74.2 Å². The highest BCUT2D eigenvalue weighted by molar-refractivity contribution is 6.33. The molecule has 6 nitrogen and oxygen atoms in total. The zero-order valence-corrected chi connectivity index (χ0v) is 12.6. The second-order valence-corrected chi connectivity index (χ2v) is 4.42. The van der Waals surface area contributed by atoms with Crippen molar-refractivity contribution in [1.29, 1.82) is 0 Å². The highest BCUT2D eigenvalue weighted by atomic mass is 35.5. The van der Waals surface area contributed by atoms with Gasteiger partial charge in [-0.2, -0.15) is 0 Å². The van der Waals surface area contributed by atoms with Gasteiger partial charge in [0.1, 0.15) is 12.4 Å². The molecular weight excluding hydrogens is 300 g/mol. The van der Waals surface area contributed by atoms with Crippen molar-refractivity contribution in [3.63, 3.8) is 0 Å². The Kier molecular flexibility index (Phi) is 8.77. The Bertz CT molecular complexity index is 437. The fourth-order valence-electron chi connectivity index (χ4n) is 1.44. The summed E-state index contributed by atoms with van der Waals surface area (Å²) in [5.41, 5.74) is 0.0154. The van der Waals surface area contributed by atoms with E-state index in [1.807, 2.05) is 0 Å². The molecule has 0 heterocycles. The normalized spacial score (nSPS) is 10.6. The number of methoxy groups -OCH3 is 1. The lowest BCUT2D eigenvalue weighted by atomic mass is 10.2. The number of carboxylic acid groups (broad SMARTS) is 1. The zero-order valence-electron chi connectivity index (χ0n) is 11.8. The molecule has 1 rings (SSSR count). The van der Waals surface area contributed by atoms with Crippen molar-refractivity contribution >= 4 is 17.6 Å². The van der Waals surface area contributed by atoms with Gasteiger partial charge in [0.15, 0.2) is 0 Å².